The molecule has 2 N–H and O–H groups in total. The number of likely N-dealkylation sites (tertiary alicyclic amines) is 1. The third kappa shape index (κ3) is 6.86. The number of thiophene rings is 1. The molecule has 0 aromatic carbocycles. The standard InChI is InChI=1S/C20H28ClN5S.HI/c1-15-7-9-26(10-8-15)17(18-4-3-11-27-18)14-25-20(22-2)24-13-16-5-6-19(21)23-12-16;/h3-6,11-12,15,17H,7-10,13-14H2,1-2H3,(H2,22,24,25);1H. The Balaban J connectivity index is 0.00000280. The molecule has 0 aliphatic carbocycles. The van der Waals surface area contributed by atoms with E-state index in [2.05, 4.69) is 49.9 Å². The molecular formula is C20H29ClIN5S. The van der Waals surface area contributed by atoms with Crippen molar-refractivity contribution in [3.63, 3.8) is 0 Å². The van der Waals surface area contributed by atoms with Crippen LogP contribution in [0.3, 0.4) is 0 Å². The Morgan fingerprint density at radius 2 is 2.11 bits per heavy atom. The van der Waals surface area contributed by atoms with Crippen molar-refractivity contribution >= 4 is 52.9 Å². The molecule has 0 saturated carbocycles. The van der Waals surface area contributed by atoms with Crippen LogP contribution in [0.2, 0.25) is 5.15 Å². The van der Waals surface area contributed by atoms with Gasteiger partial charge in [-0.25, -0.2) is 4.98 Å². The molecule has 1 aliphatic heterocycles. The van der Waals surface area contributed by atoms with Gasteiger partial charge in [0, 0.05) is 31.2 Å². The summed E-state index contributed by atoms with van der Waals surface area (Å²) in [6.45, 7) is 6.18. The zero-order valence-electron chi connectivity index (χ0n) is 16.4. The summed E-state index contributed by atoms with van der Waals surface area (Å²) in [5.41, 5.74) is 1.07. The summed E-state index contributed by atoms with van der Waals surface area (Å²) in [4.78, 5) is 12.5. The Bertz CT molecular complexity index is 715. The highest BCUT2D eigenvalue weighted by Crippen LogP contribution is 2.29. The fourth-order valence-electron chi connectivity index (χ4n) is 3.34. The van der Waals surface area contributed by atoms with Crippen LogP contribution in [-0.2, 0) is 6.54 Å². The quantitative estimate of drug-likeness (QED) is 0.248. The van der Waals surface area contributed by atoms with Crippen LogP contribution in [0.15, 0.2) is 40.8 Å². The summed E-state index contributed by atoms with van der Waals surface area (Å²) < 4.78 is 0. The van der Waals surface area contributed by atoms with Gasteiger partial charge in [-0.1, -0.05) is 30.7 Å². The molecule has 3 heterocycles. The minimum Gasteiger partial charge on any atom is -0.354 e. The van der Waals surface area contributed by atoms with Crippen molar-refractivity contribution < 1.29 is 0 Å². The largest absolute Gasteiger partial charge is 0.354 e. The smallest absolute Gasteiger partial charge is 0.191 e. The molecule has 154 valence electrons. The molecular weight excluding hydrogens is 505 g/mol. The van der Waals surface area contributed by atoms with Gasteiger partial charge in [0.2, 0.25) is 0 Å². The van der Waals surface area contributed by atoms with Crippen molar-refractivity contribution in [1.29, 1.82) is 0 Å². The maximum Gasteiger partial charge on any atom is 0.191 e. The molecule has 0 radical (unpaired) electrons. The van der Waals surface area contributed by atoms with E-state index in [-0.39, 0.29) is 24.0 Å². The molecule has 3 rings (SSSR count). The number of hydrogen-bond acceptors (Lipinski definition) is 4. The van der Waals surface area contributed by atoms with Gasteiger partial charge in [0.1, 0.15) is 5.15 Å². The van der Waals surface area contributed by atoms with Crippen LogP contribution in [0, 0.1) is 5.92 Å². The SMILES string of the molecule is CN=C(NCc1ccc(Cl)nc1)NCC(c1cccs1)N1CCC(C)CC1.I. The van der Waals surface area contributed by atoms with Crippen molar-refractivity contribution in [1.82, 2.24) is 20.5 Å². The highest BCUT2D eigenvalue weighted by Gasteiger charge is 2.25. The average molecular weight is 534 g/mol. The molecule has 0 bridgehead atoms. The van der Waals surface area contributed by atoms with Gasteiger partial charge >= 0.3 is 0 Å². The van der Waals surface area contributed by atoms with Gasteiger partial charge in [0.05, 0.1) is 6.04 Å². The van der Waals surface area contributed by atoms with Crippen LogP contribution in [-0.4, -0.2) is 42.5 Å². The Kier molecular flexibility index (Phi) is 9.98. The highest BCUT2D eigenvalue weighted by molar-refractivity contribution is 14.0. The third-order valence-corrected chi connectivity index (χ3v) is 6.26. The molecule has 1 atom stereocenters. The molecule has 8 heteroatoms. The maximum atomic E-state index is 5.85. The number of piperidine rings is 1. The van der Waals surface area contributed by atoms with E-state index in [0.717, 1.165) is 37.1 Å². The molecule has 2 aromatic heterocycles. The fraction of sp³-hybridized carbons (Fsp3) is 0.500. The van der Waals surface area contributed by atoms with Crippen molar-refractivity contribution in [2.24, 2.45) is 10.9 Å². The summed E-state index contributed by atoms with van der Waals surface area (Å²) >= 11 is 7.68. The van der Waals surface area contributed by atoms with E-state index in [1.807, 2.05) is 17.4 Å². The van der Waals surface area contributed by atoms with Crippen LogP contribution >= 0.6 is 46.9 Å². The van der Waals surface area contributed by atoms with E-state index in [1.54, 1.807) is 19.3 Å². The molecule has 1 fully saturated rings. The molecule has 0 amide bonds. The normalized spacial score (nSPS) is 17.0. The van der Waals surface area contributed by atoms with Crippen molar-refractivity contribution in [2.45, 2.75) is 32.4 Å². The van der Waals surface area contributed by atoms with Gasteiger partial charge in [-0.05, 0) is 54.9 Å². The Labute approximate surface area is 194 Å². The van der Waals surface area contributed by atoms with Crippen LogP contribution in [0.4, 0.5) is 0 Å². The van der Waals surface area contributed by atoms with Crippen molar-refractivity contribution in [2.75, 3.05) is 26.7 Å². The van der Waals surface area contributed by atoms with E-state index in [4.69, 9.17) is 11.6 Å². The van der Waals surface area contributed by atoms with Crippen LogP contribution < -0.4 is 10.6 Å². The Morgan fingerprint density at radius 1 is 1.32 bits per heavy atom. The lowest BCUT2D eigenvalue weighted by molar-refractivity contribution is 0.140. The van der Waals surface area contributed by atoms with E-state index in [1.165, 1.54) is 17.7 Å². The first kappa shape index (κ1) is 23.4. The molecule has 1 saturated heterocycles. The van der Waals surface area contributed by atoms with Crippen molar-refractivity contribution in [3.05, 3.63) is 51.4 Å². The lowest BCUT2D eigenvalue weighted by Crippen LogP contribution is -2.44. The van der Waals surface area contributed by atoms with Crippen LogP contribution in [0.1, 0.15) is 36.2 Å². The zero-order chi connectivity index (χ0) is 19.1. The molecule has 1 aliphatic rings. The third-order valence-electron chi connectivity index (χ3n) is 5.07. The summed E-state index contributed by atoms with van der Waals surface area (Å²) in [6, 6.07) is 8.54. The fourth-order valence-corrected chi connectivity index (χ4v) is 4.31. The number of hydrogen-bond donors (Lipinski definition) is 2. The number of guanidine groups is 1. The molecule has 2 aromatic rings. The summed E-state index contributed by atoms with van der Waals surface area (Å²) in [5.74, 6) is 1.64. The van der Waals surface area contributed by atoms with Gasteiger partial charge < -0.3 is 10.6 Å². The lowest BCUT2D eigenvalue weighted by atomic mass is 9.97. The van der Waals surface area contributed by atoms with Gasteiger partial charge in [0.15, 0.2) is 5.96 Å². The number of aliphatic imine (C=N–C) groups is 1. The first-order chi connectivity index (χ1) is 13.2. The number of nitrogens with zero attached hydrogens (tertiary/aromatic N) is 3. The van der Waals surface area contributed by atoms with Gasteiger partial charge in [0.25, 0.3) is 0 Å². The monoisotopic (exact) mass is 533 g/mol. The molecule has 28 heavy (non-hydrogen) atoms. The van der Waals surface area contributed by atoms with Crippen LogP contribution in [0.5, 0.6) is 0 Å². The molecule has 1 unspecified atom stereocenters. The second kappa shape index (κ2) is 11.9. The van der Waals surface area contributed by atoms with Gasteiger partial charge in [-0.2, -0.15) is 0 Å². The summed E-state index contributed by atoms with van der Waals surface area (Å²) in [5, 5.41) is 9.53. The van der Waals surface area contributed by atoms with Crippen LogP contribution in [0.25, 0.3) is 0 Å². The molecule has 0 spiro atoms. The minimum absolute atomic E-state index is 0. The second-order valence-electron chi connectivity index (χ2n) is 7.05. The average Bonchev–Trinajstić information content (AvgIpc) is 3.21. The number of nitrogens with one attached hydrogen (secondary N) is 2. The van der Waals surface area contributed by atoms with E-state index >= 15 is 0 Å². The van der Waals surface area contributed by atoms with Gasteiger partial charge in [-0.15, -0.1) is 35.3 Å². The minimum atomic E-state index is 0. The lowest BCUT2D eigenvalue weighted by Gasteiger charge is -2.36. The number of rotatable bonds is 6. The number of aromatic nitrogens is 1. The topological polar surface area (TPSA) is 52.6 Å². The Morgan fingerprint density at radius 3 is 2.71 bits per heavy atom. The maximum absolute atomic E-state index is 5.85. The number of halogens is 2. The van der Waals surface area contributed by atoms with E-state index < -0.39 is 0 Å². The summed E-state index contributed by atoms with van der Waals surface area (Å²) in [6.07, 6.45) is 4.34. The number of pyridine rings is 1. The first-order valence-corrected chi connectivity index (χ1v) is 10.7. The van der Waals surface area contributed by atoms with Crippen molar-refractivity contribution in [3.8, 4) is 0 Å². The van der Waals surface area contributed by atoms with E-state index in [9.17, 15) is 0 Å². The van der Waals surface area contributed by atoms with Gasteiger partial charge in [-0.3, -0.25) is 9.89 Å². The molecule has 5 nitrogen and oxygen atoms in total. The first-order valence-electron chi connectivity index (χ1n) is 9.48. The zero-order valence-corrected chi connectivity index (χ0v) is 20.3. The Hall–Kier alpha value is -0.900. The van der Waals surface area contributed by atoms with E-state index in [0.29, 0.717) is 17.7 Å². The second-order valence-corrected chi connectivity index (χ2v) is 8.41. The predicted octanol–water partition coefficient (Wildman–Crippen LogP) is 4.55. The predicted molar refractivity (Wildman–Crippen MR) is 130 cm³/mol. The summed E-state index contributed by atoms with van der Waals surface area (Å²) in [7, 11) is 1.80. The highest BCUT2D eigenvalue weighted by atomic mass is 127.